The smallest absolute Gasteiger partial charge is 0.404 e. The Bertz CT molecular complexity index is 696. The third kappa shape index (κ3) is 4.83. The summed E-state index contributed by atoms with van der Waals surface area (Å²) in [5.41, 5.74) is 7.27. The molecule has 24 heavy (non-hydrogen) atoms. The number of rotatable bonds is 5. The van der Waals surface area contributed by atoms with Gasteiger partial charge >= 0.3 is 6.09 Å². The van der Waals surface area contributed by atoms with Crippen molar-refractivity contribution in [3.8, 4) is 5.75 Å². The van der Waals surface area contributed by atoms with Crippen molar-refractivity contribution >= 4 is 22.0 Å². The number of nitrogens with two attached hydrogens (primary N) is 1. The number of ether oxygens (including phenoxy) is 1. The molecular formula is C14H19N3O6S. The Hall–Kier alpha value is -2.33. The third-order valence-electron chi connectivity index (χ3n) is 3.78. The molecule has 0 aliphatic heterocycles. The number of sulfonamides is 1. The maximum atomic E-state index is 12.2. The number of primary amides is 1. The van der Waals surface area contributed by atoms with E-state index in [0.717, 1.165) is 0 Å². The molecular weight excluding hydrogens is 338 g/mol. The molecule has 1 aromatic carbocycles. The Morgan fingerprint density at radius 1 is 1.12 bits per heavy atom. The van der Waals surface area contributed by atoms with Crippen molar-refractivity contribution in [2.24, 2.45) is 5.73 Å². The van der Waals surface area contributed by atoms with E-state index < -0.39 is 27.3 Å². The zero-order chi connectivity index (χ0) is 17.7. The minimum absolute atomic E-state index is 0.00192. The number of aromatic hydroxyl groups is 1. The number of benzene rings is 1. The van der Waals surface area contributed by atoms with Gasteiger partial charge in [0.15, 0.2) is 0 Å². The molecule has 1 aliphatic carbocycles. The second-order valence-electron chi connectivity index (χ2n) is 5.48. The molecule has 1 saturated carbocycles. The number of hydrazine groups is 1. The lowest BCUT2D eigenvalue weighted by molar-refractivity contribution is 0.0831. The SMILES string of the molecule is NC(=O)O[C@H]1CC[C@@H](S(=O)(=O)NNC(=O)c2ccc(O)cc2)CC1. The van der Waals surface area contributed by atoms with Crippen LogP contribution in [0.15, 0.2) is 24.3 Å². The van der Waals surface area contributed by atoms with Crippen LogP contribution in [0.2, 0.25) is 0 Å². The van der Waals surface area contributed by atoms with E-state index in [1.807, 2.05) is 0 Å². The van der Waals surface area contributed by atoms with Gasteiger partial charge in [-0.15, -0.1) is 4.83 Å². The molecule has 132 valence electrons. The first-order chi connectivity index (χ1) is 11.3. The summed E-state index contributed by atoms with van der Waals surface area (Å²) in [5.74, 6) is -0.633. The van der Waals surface area contributed by atoms with Gasteiger partial charge in [-0.1, -0.05) is 0 Å². The molecule has 1 fully saturated rings. The fraction of sp³-hybridized carbons (Fsp3) is 0.429. The average Bonchev–Trinajstić information content (AvgIpc) is 2.53. The number of phenolic OH excluding ortho intramolecular Hbond substituents is 1. The fourth-order valence-corrected chi connectivity index (χ4v) is 3.80. The Kier molecular flexibility index (Phi) is 5.62. The van der Waals surface area contributed by atoms with E-state index >= 15 is 0 Å². The summed E-state index contributed by atoms with van der Waals surface area (Å²) in [6.07, 6.45) is 0.118. The lowest BCUT2D eigenvalue weighted by atomic mass is 9.97. The molecule has 0 saturated heterocycles. The van der Waals surface area contributed by atoms with E-state index in [1.165, 1.54) is 24.3 Å². The zero-order valence-corrected chi connectivity index (χ0v) is 13.6. The van der Waals surface area contributed by atoms with Crippen LogP contribution < -0.4 is 16.0 Å². The number of amides is 2. The molecule has 0 radical (unpaired) electrons. The van der Waals surface area contributed by atoms with Gasteiger partial charge in [0, 0.05) is 5.56 Å². The van der Waals surface area contributed by atoms with Crippen LogP contribution in [-0.2, 0) is 14.8 Å². The number of carbonyl (C=O) groups is 2. The van der Waals surface area contributed by atoms with Crippen molar-refractivity contribution in [3.05, 3.63) is 29.8 Å². The minimum Gasteiger partial charge on any atom is -0.508 e. The number of carbonyl (C=O) groups excluding carboxylic acids is 2. The normalized spacial score (nSPS) is 21.0. The monoisotopic (exact) mass is 357 g/mol. The summed E-state index contributed by atoms with van der Waals surface area (Å²) >= 11 is 0. The summed E-state index contributed by atoms with van der Waals surface area (Å²) in [7, 11) is -3.75. The molecule has 1 aromatic rings. The fourth-order valence-electron chi connectivity index (χ4n) is 2.51. The quantitative estimate of drug-likeness (QED) is 0.559. The molecule has 9 nitrogen and oxygen atoms in total. The Balaban J connectivity index is 1.86. The largest absolute Gasteiger partial charge is 0.508 e. The molecule has 0 bridgehead atoms. The summed E-state index contributed by atoms with van der Waals surface area (Å²) < 4.78 is 29.3. The Morgan fingerprint density at radius 3 is 2.25 bits per heavy atom. The van der Waals surface area contributed by atoms with Crippen LogP contribution in [-0.4, -0.2) is 36.9 Å². The van der Waals surface area contributed by atoms with Gasteiger partial charge in [-0.25, -0.2) is 13.2 Å². The third-order valence-corrected chi connectivity index (χ3v) is 5.51. The lowest BCUT2D eigenvalue weighted by Crippen LogP contribution is -2.47. The maximum Gasteiger partial charge on any atom is 0.404 e. The van der Waals surface area contributed by atoms with Crippen molar-refractivity contribution in [2.45, 2.75) is 37.0 Å². The minimum atomic E-state index is -3.75. The van der Waals surface area contributed by atoms with Crippen molar-refractivity contribution in [1.29, 1.82) is 0 Å². The average molecular weight is 357 g/mol. The van der Waals surface area contributed by atoms with Gasteiger partial charge in [-0.3, -0.25) is 10.2 Å². The highest BCUT2D eigenvalue weighted by Crippen LogP contribution is 2.25. The molecule has 0 aromatic heterocycles. The number of nitrogens with one attached hydrogen (secondary N) is 2. The van der Waals surface area contributed by atoms with E-state index in [9.17, 15) is 18.0 Å². The van der Waals surface area contributed by atoms with Gasteiger partial charge in [0.05, 0.1) is 5.25 Å². The molecule has 0 unspecified atom stereocenters. The Morgan fingerprint density at radius 2 is 1.71 bits per heavy atom. The summed E-state index contributed by atoms with van der Waals surface area (Å²) in [6, 6.07) is 5.38. The summed E-state index contributed by atoms with van der Waals surface area (Å²) in [4.78, 5) is 24.6. The van der Waals surface area contributed by atoms with Gasteiger partial charge < -0.3 is 15.6 Å². The van der Waals surface area contributed by atoms with E-state index in [1.54, 1.807) is 0 Å². The van der Waals surface area contributed by atoms with Crippen molar-refractivity contribution in [1.82, 2.24) is 10.3 Å². The van der Waals surface area contributed by atoms with Crippen LogP contribution in [0.4, 0.5) is 4.79 Å². The second-order valence-corrected chi connectivity index (χ2v) is 7.44. The molecule has 0 heterocycles. The van der Waals surface area contributed by atoms with Crippen LogP contribution in [0, 0.1) is 0 Å². The predicted octanol–water partition coefficient (Wildman–Crippen LogP) is 0.363. The van der Waals surface area contributed by atoms with Gasteiger partial charge in [0.2, 0.25) is 10.0 Å². The highest BCUT2D eigenvalue weighted by Gasteiger charge is 2.32. The first-order valence-electron chi connectivity index (χ1n) is 7.34. The van der Waals surface area contributed by atoms with E-state index in [-0.39, 0.29) is 17.4 Å². The first kappa shape index (κ1) is 18.0. The van der Waals surface area contributed by atoms with Gasteiger partial charge in [0.1, 0.15) is 11.9 Å². The molecule has 10 heteroatoms. The predicted molar refractivity (Wildman–Crippen MR) is 84.3 cm³/mol. The highest BCUT2D eigenvalue weighted by molar-refractivity contribution is 7.90. The van der Waals surface area contributed by atoms with Gasteiger partial charge in [0.25, 0.3) is 5.91 Å². The topological polar surface area (TPSA) is 148 Å². The summed E-state index contributed by atoms with van der Waals surface area (Å²) in [6.45, 7) is 0. The highest BCUT2D eigenvalue weighted by atomic mass is 32.2. The summed E-state index contributed by atoms with van der Waals surface area (Å²) in [5, 5.41) is 8.47. The van der Waals surface area contributed by atoms with Gasteiger partial charge in [-0.05, 0) is 49.9 Å². The van der Waals surface area contributed by atoms with Crippen LogP contribution in [0.25, 0.3) is 0 Å². The van der Waals surface area contributed by atoms with E-state index in [4.69, 9.17) is 15.6 Å². The molecule has 5 N–H and O–H groups in total. The Labute approximate surface area is 139 Å². The van der Waals surface area contributed by atoms with Crippen LogP contribution in [0.1, 0.15) is 36.0 Å². The van der Waals surface area contributed by atoms with Crippen LogP contribution in [0.5, 0.6) is 5.75 Å². The molecule has 1 aliphatic rings. The van der Waals surface area contributed by atoms with Crippen LogP contribution >= 0.6 is 0 Å². The molecule has 0 spiro atoms. The van der Waals surface area contributed by atoms with Crippen LogP contribution in [0.3, 0.4) is 0 Å². The molecule has 2 rings (SSSR count). The number of hydrogen-bond acceptors (Lipinski definition) is 6. The maximum absolute atomic E-state index is 12.2. The standard InChI is InChI=1S/C14H19N3O6S/c15-14(20)23-11-5-7-12(8-6-11)24(21,22)17-16-13(19)9-1-3-10(18)4-2-9/h1-4,11-12,17-18H,5-8H2,(H2,15,20)(H,16,19)/t11-,12+. The van der Waals surface area contributed by atoms with Crippen molar-refractivity contribution < 1.29 is 27.9 Å². The lowest BCUT2D eigenvalue weighted by Gasteiger charge is -2.27. The second kappa shape index (κ2) is 7.49. The number of hydrogen-bond donors (Lipinski definition) is 4. The first-order valence-corrected chi connectivity index (χ1v) is 8.88. The van der Waals surface area contributed by atoms with E-state index in [2.05, 4.69) is 10.3 Å². The van der Waals surface area contributed by atoms with E-state index in [0.29, 0.717) is 25.7 Å². The zero-order valence-electron chi connectivity index (χ0n) is 12.8. The van der Waals surface area contributed by atoms with Crippen molar-refractivity contribution in [2.75, 3.05) is 0 Å². The van der Waals surface area contributed by atoms with Crippen molar-refractivity contribution in [3.63, 3.8) is 0 Å². The number of phenols is 1. The van der Waals surface area contributed by atoms with Gasteiger partial charge in [-0.2, -0.15) is 0 Å². The molecule has 2 amide bonds. The molecule has 0 atom stereocenters.